The molecular formula is C18H25N3O3S. The molecule has 0 atom stereocenters. The summed E-state index contributed by atoms with van der Waals surface area (Å²) >= 11 is 0. The Bertz CT molecular complexity index is 757. The van der Waals surface area contributed by atoms with Crippen molar-refractivity contribution < 1.29 is 13.2 Å². The summed E-state index contributed by atoms with van der Waals surface area (Å²) in [5.74, 6) is 0.644. The van der Waals surface area contributed by atoms with Crippen molar-refractivity contribution in [3.05, 3.63) is 48.2 Å². The smallest absolute Gasteiger partial charge is 0.263 e. The zero-order valence-corrected chi connectivity index (χ0v) is 15.6. The van der Waals surface area contributed by atoms with Crippen LogP contribution in [-0.4, -0.2) is 33.7 Å². The molecule has 2 rings (SSSR count). The number of aromatic nitrogens is 1. The number of hydrogen-bond donors (Lipinski definition) is 2. The van der Waals surface area contributed by atoms with Crippen molar-refractivity contribution in [2.75, 3.05) is 30.3 Å². The summed E-state index contributed by atoms with van der Waals surface area (Å²) in [6, 6.07) is 10.3. The third-order valence-electron chi connectivity index (χ3n) is 3.71. The Hall–Kier alpha value is -2.12. The molecule has 25 heavy (non-hydrogen) atoms. The molecule has 0 bridgehead atoms. The van der Waals surface area contributed by atoms with Crippen LogP contribution in [-0.2, 0) is 14.8 Å². The molecule has 0 saturated carbocycles. The van der Waals surface area contributed by atoms with Gasteiger partial charge in [-0.2, -0.15) is 0 Å². The van der Waals surface area contributed by atoms with Gasteiger partial charge in [0, 0.05) is 20.3 Å². The fourth-order valence-electron chi connectivity index (χ4n) is 2.24. The maximum Gasteiger partial charge on any atom is 0.263 e. The van der Waals surface area contributed by atoms with Crippen LogP contribution in [0, 0.1) is 0 Å². The average Bonchev–Trinajstić information content (AvgIpc) is 2.60. The lowest BCUT2D eigenvalue weighted by molar-refractivity contribution is 0.198. The van der Waals surface area contributed by atoms with Crippen molar-refractivity contribution >= 4 is 21.5 Å². The molecule has 6 nitrogen and oxygen atoms in total. The quantitative estimate of drug-likeness (QED) is 0.667. The number of anilines is 2. The van der Waals surface area contributed by atoms with Crippen LogP contribution in [0.1, 0.15) is 31.7 Å². The van der Waals surface area contributed by atoms with Crippen LogP contribution >= 0.6 is 0 Å². The van der Waals surface area contributed by atoms with Crippen molar-refractivity contribution in [3.63, 3.8) is 0 Å². The van der Waals surface area contributed by atoms with Gasteiger partial charge in [0.2, 0.25) is 0 Å². The Balaban J connectivity index is 2.00. The number of sulfonamides is 1. The van der Waals surface area contributed by atoms with Crippen LogP contribution in [0.15, 0.2) is 47.5 Å². The fraction of sp³-hybridized carbons (Fsp3) is 0.389. The van der Waals surface area contributed by atoms with E-state index in [4.69, 9.17) is 4.74 Å². The topological polar surface area (TPSA) is 80.3 Å². The number of methoxy groups -OCH3 is 1. The molecule has 0 aliphatic rings. The molecule has 7 heteroatoms. The fourth-order valence-corrected chi connectivity index (χ4v) is 3.24. The minimum atomic E-state index is -3.64. The Morgan fingerprint density at radius 2 is 1.84 bits per heavy atom. The van der Waals surface area contributed by atoms with Crippen LogP contribution in [0.4, 0.5) is 11.5 Å². The van der Waals surface area contributed by atoms with Gasteiger partial charge < -0.3 is 10.1 Å². The molecule has 1 aromatic carbocycles. The van der Waals surface area contributed by atoms with E-state index < -0.39 is 10.0 Å². The predicted octanol–water partition coefficient (Wildman–Crippen LogP) is 3.45. The van der Waals surface area contributed by atoms with E-state index >= 15 is 0 Å². The summed E-state index contributed by atoms with van der Waals surface area (Å²) in [5.41, 5.74) is 1.93. The molecule has 0 aliphatic heterocycles. The molecule has 0 amide bonds. The van der Waals surface area contributed by atoms with Crippen LogP contribution in [0.5, 0.6) is 0 Å². The van der Waals surface area contributed by atoms with Gasteiger partial charge in [-0.25, -0.2) is 13.4 Å². The molecule has 0 spiro atoms. The maximum atomic E-state index is 12.4. The zero-order chi connectivity index (χ0) is 18.3. The first-order valence-corrected chi connectivity index (χ1v) is 9.72. The molecule has 1 aromatic heterocycles. The van der Waals surface area contributed by atoms with Crippen LogP contribution in [0.3, 0.4) is 0 Å². The highest BCUT2D eigenvalue weighted by Gasteiger charge is 2.15. The van der Waals surface area contributed by atoms with Gasteiger partial charge in [0.1, 0.15) is 5.82 Å². The molecule has 0 radical (unpaired) electrons. The van der Waals surface area contributed by atoms with Crippen molar-refractivity contribution in [2.24, 2.45) is 0 Å². The third kappa shape index (κ3) is 5.72. The molecule has 2 aromatic rings. The van der Waals surface area contributed by atoms with E-state index in [0.717, 1.165) is 24.2 Å². The summed E-state index contributed by atoms with van der Waals surface area (Å²) in [6.45, 7) is 5.59. The van der Waals surface area contributed by atoms with Gasteiger partial charge in [0.05, 0.1) is 16.8 Å². The van der Waals surface area contributed by atoms with Crippen molar-refractivity contribution in [1.29, 1.82) is 0 Å². The summed E-state index contributed by atoms with van der Waals surface area (Å²) in [6.07, 6.45) is 2.49. The largest absolute Gasteiger partial charge is 0.385 e. The minimum absolute atomic E-state index is 0.223. The van der Waals surface area contributed by atoms with E-state index in [1.165, 1.54) is 0 Å². The van der Waals surface area contributed by atoms with E-state index in [1.807, 2.05) is 12.1 Å². The Labute approximate surface area is 149 Å². The van der Waals surface area contributed by atoms with Crippen molar-refractivity contribution in [3.8, 4) is 0 Å². The highest BCUT2D eigenvalue weighted by Crippen LogP contribution is 2.19. The monoisotopic (exact) mass is 363 g/mol. The molecule has 0 saturated heterocycles. The molecule has 1 heterocycles. The van der Waals surface area contributed by atoms with Crippen molar-refractivity contribution in [1.82, 2.24) is 4.98 Å². The zero-order valence-electron chi connectivity index (χ0n) is 14.8. The van der Waals surface area contributed by atoms with Crippen LogP contribution in [0.25, 0.3) is 0 Å². The van der Waals surface area contributed by atoms with Gasteiger partial charge >= 0.3 is 0 Å². The predicted molar refractivity (Wildman–Crippen MR) is 101 cm³/mol. The third-order valence-corrected chi connectivity index (χ3v) is 5.08. The first kappa shape index (κ1) is 19.2. The van der Waals surface area contributed by atoms with E-state index in [-0.39, 0.29) is 10.7 Å². The lowest BCUT2D eigenvalue weighted by Crippen LogP contribution is -2.14. The number of hydrogen-bond acceptors (Lipinski definition) is 5. The van der Waals surface area contributed by atoms with E-state index in [2.05, 4.69) is 28.9 Å². The lowest BCUT2D eigenvalue weighted by atomic mass is 10.0. The second-order valence-electron chi connectivity index (χ2n) is 6.03. The second kappa shape index (κ2) is 8.82. The van der Waals surface area contributed by atoms with Crippen LogP contribution < -0.4 is 10.0 Å². The standard InChI is InChI=1S/C18H25N3O3S/c1-14(2)15-5-8-17(9-6-15)25(22,23)21-18-10-7-16(13-20-18)19-11-4-12-24-3/h5-10,13-14,19H,4,11-12H2,1-3H3,(H,20,21). The van der Waals surface area contributed by atoms with Gasteiger partial charge in [-0.15, -0.1) is 0 Å². The average molecular weight is 363 g/mol. The summed E-state index contributed by atoms with van der Waals surface area (Å²) in [4.78, 5) is 4.37. The van der Waals surface area contributed by atoms with Gasteiger partial charge in [0.25, 0.3) is 10.0 Å². The molecular weight excluding hydrogens is 338 g/mol. The number of ether oxygens (including phenoxy) is 1. The second-order valence-corrected chi connectivity index (χ2v) is 7.72. The first-order chi connectivity index (χ1) is 11.9. The lowest BCUT2D eigenvalue weighted by Gasteiger charge is -2.10. The molecule has 136 valence electrons. The summed E-state index contributed by atoms with van der Waals surface area (Å²) in [5, 5.41) is 3.20. The summed E-state index contributed by atoms with van der Waals surface area (Å²) in [7, 11) is -1.98. The number of rotatable bonds is 9. The van der Waals surface area contributed by atoms with Gasteiger partial charge in [0.15, 0.2) is 0 Å². The first-order valence-electron chi connectivity index (χ1n) is 8.24. The Kier molecular flexibility index (Phi) is 6.78. The van der Waals surface area contributed by atoms with Crippen LogP contribution in [0.2, 0.25) is 0 Å². The van der Waals surface area contributed by atoms with E-state index in [9.17, 15) is 8.42 Å². The SMILES string of the molecule is COCCCNc1ccc(NS(=O)(=O)c2ccc(C(C)C)cc2)nc1. The normalized spacial score (nSPS) is 11.5. The maximum absolute atomic E-state index is 12.4. The van der Waals surface area contributed by atoms with E-state index in [1.54, 1.807) is 37.6 Å². The van der Waals surface area contributed by atoms with E-state index in [0.29, 0.717) is 12.5 Å². The highest BCUT2D eigenvalue weighted by atomic mass is 32.2. The Morgan fingerprint density at radius 1 is 1.12 bits per heavy atom. The highest BCUT2D eigenvalue weighted by molar-refractivity contribution is 7.92. The van der Waals surface area contributed by atoms with Gasteiger partial charge in [-0.05, 0) is 42.2 Å². The molecule has 0 unspecified atom stereocenters. The molecule has 2 N–H and O–H groups in total. The van der Waals surface area contributed by atoms with Gasteiger partial charge in [-0.3, -0.25) is 4.72 Å². The molecule has 0 aliphatic carbocycles. The number of nitrogens with zero attached hydrogens (tertiary/aromatic N) is 1. The number of benzene rings is 1. The number of nitrogens with one attached hydrogen (secondary N) is 2. The van der Waals surface area contributed by atoms with Gasteiger partial charge in [-0.1, -0.05) is 26.0 Å². The minimum Gasteiger partial charge on any atom is -0.385 e. The Morgan fingerprint density at radius 3 is 2.40 bits per heavy atom. The van der Waals surface area contributed by atoms with Crippen molar-refractivity contribution in [2.45, 2.75) is 31.1 Å². The molecule has 0 fully saturated rings. The number of pyridine rings is 1. The summed E-state index contributed by atoms with van der Waals surface area (Å²) < 4.78 is 32.3.